The van der Waals surface area contributed by atoms with Gasteiger partial charge in [-0.15, -0.1) is 0 Å². The molecule has 0 radical (unpaired) electrons. The summed E-state index contributed by atoms with van der Waals surface area (Å²) in [7, 11) is 0. The van der Waals surface area contributed by atoms with Crippen molar-refractivity contribution in [1.82, 2.24) is 0 Å². The molecule has 0 aromatic rings. The third kappa shape index (κ3) is 1.58. The molecule has 2 aliphatic rings. The fourth-order valence-corrected chi connectivity index (χ4v) is 2.69. The van der Waals surface area contributed by atoms with Crippen molar-refractivity contribution in [2.75, 3.05) is 13.2 Å². The van der Waals surface area contributed by atoms with Crippen LogP contribution in [0.1, 0.15) is 44.9 Å². The van der Waals surface area contributed by atoms with E-state index in [1.165, 1.54) is 44.9 Å². The molecule has 1 spiro atoms. The highest BCUT2D eigenvalue weighted by Crippen LogP contribution is 2.45. The molecule has 64 valence electrons. The van der Waals surface area contributed by atoms with Crippen LogP contribution in [0.25, 0.3) is 0 Å². The first-order chi connectivity index (χ1) is 5.41. The van der Waals surface area contributed by atoms with Gasteiger partial charge in [0.15, 0.2) is 0 Å². The lowest BCUT2D eigenvalue weighted by molar-refractivity contribution is 0.131. The monoisotopic (exact) mass is 154 g/mol. The molecule has 0 aromatic carbocycles. The molecular weight excluding hydrogens is 136 g/mol. The van der Waals surface area contributed by atoms with Crippen LogP contribution in [0.2, 0.25) is 0 Å². The van der Waals surface area contributed by atoms with Crippen LogP contribution in [0, 0.1) is 5.41 Å². The van der Waals surface area contributed by atoms with Crippen LogP contribution in [0.5, 0.6) is 0 Å². The maximum Gasteiger partial charge on any atom is 0.0471 e. The number of hydrogen-bond acceptors (Lipinski definition) is 1. The normalized spacial score (nSPS) is 30.5. The maximum atomic E-state index is 5.48. The van der Waals surface area contributed by atoms with Gasteiger partial charge in [0.25, 0.3) is 0 Å². The van der Waals surface area contributed by atoms with Crippen LogP contribution in [0.3, 0.4) is 0 Å². The standard InChI is InChI=1S/C10H18O/c1-2-5-10(4-1)6-3-8-11-9-7-10/h1-9H2. The highest BCUT2D eigenvalue weighted by molar-refractivity contribution is 4.85. The first-order valence-electron chi connectivity index (χ1n) is 4.99. The molecule has 2 rings (SSSR count). The number of rotatable bonds is 0. The van der Waals surface area contributed by atoms with Crippen LogP contribution >= 0.6 is 0 Å². The van der Waals surface area contributed by atoms with Gasteiger partial charge >= 0.3 is 0 Å². The van der Waals surface area contributed by atoms with Crippen LogP contribution in [0.15, 0.2) is 0 Å². The zero-order chi connectivity index (χ0) is 7.57. The van der Waals surface area contributed by atoms with E-state index >= 15 is 0 Å². The molecule has 0 bridgehead atoms. The van der Waals surface area contributed by atoms with E-state index in [1.807, 2.05) is 0 Å². The summed E-state index contributed by atoms with van der Waals surface area (Å²) in [4.78, 5) is 0. The van der Waals surface area contributed by atoms with Gasteiger partial charge in [0, 0.05) is 13.2 Å². The summed E-state index contributed by atoms with van der Waals surface area (Å²) < 4.78 is 5.48. The SMILES string of the molecule is C1CCC2(C1)CCCOCC2. The molecule has 0 atom stereocenters. The molecule has 0 N–H and O–H groups in total. The van der Waals surface area contributed by atoms with Crippen molar-refractivity contribution in [1.29, 1.82) is 0 Å². The van der Waals surface area contributed by atoms with Gasteiger partial charge in [-0.1, -0.05) is 12.8 Å². The molecule has 1 heterocycles. The van der Waals surface area contributed by atoms with Crippen molar-refractivity contribution < 1.29 is 4.74 Å². The lowest BCUT2D eigenvalue weighted by atomic mass is 9.79. The lowest BCUT2D eigenvalue weighted by Gasteiger charge is -2.25. The Morgan fingerprint density at radius 3 is 2.27 bits per heavy atom. The maximum absolute atomic E-state index is 5.48. The van der Waals surface area contributed by atoms with Crippen LogP contribution < -0.4 is 0 Å². The number of hydrogen-bond donors (Lipinski definition) is 0. The van der Waals surface area contributed by atoms with Gasteiger partial charge in [-0.3, -0.25) is 0 Å². The zero-order valence-electron chi connectivity index (χ0n) is 7.27. The Labute approximate surface area is 69.1 Å². The third-order valence-corrected chi connectivity index (χ3v) is 3.44. The third-order valence-electron chi connectivity index (χ3n) is 3.44. The molecule has 1 saturated carbocycles. The van der Waals surface area contributed by atoms with Crippen LogP contribution in [0.4, 0.5) is 0 Å². The van der Waals surface area contributed by atoms with Gasteiger partial charge in [0.2, 0.25) is 0 Å². The topological polar surface area (TPSA) is 9.23 Å². The van der Waals surface area contributed by atoms with Gasteiger partial charge in [-0.05, 0) is 37.5 Å². The largest absolute Gasteiger partial charge is 0.381 e. The highest BCUT2D eigenvalue weighted by atomic mass is 16.5. The van der Waals surface area contributed by atoms with E-state index in [9.17, 15) is 0 Å². The molecule has 1 heteroatoms. The predicted molar refractivity (Wildman–Crippen MR) is 45.6 cm³/mol. The Bertz CT molecular complexity index is 115. The summed E-state index contributed by atoms with van der Waals surface area (Å²) in [6.07, 6.45) is 9.99. The summed E-state index contributed by atoms with van der Waals surface area (Å²) in [5.74, 6) is 0. The van der Waals surface area contributed by atoms with Crippen molar-refractivity contribution in [2.45, 2.75) is 44.9 Å². The minimum atomic E-state index is 0.733. The molecule has 0 amide bonds. The van der Waals surface area contributed by atoms with Gasteiger partial charge in [-0.2, -0.15) is 0 Å². The van der Waals surface area contributed by atoms with Crippen molar-refractivity contribution >= 4 is 0 Å². The zero-order valence-corrected chi connectivity index (χ0v) is 7.27. The van der Waals surface area contributed by atoms with Gasteiger partial charge in [0.1, 0.15) is 0 Å². The molecule has 1 nitrogen and oxygen atoms in total. The molecule has 1 saturated heterocycles. The second-order valence-electron chi connectivity index (χ2n) is 4.17. The molecular formula is C10H18O. The minimum absolute atomic E-state index is 0.733. The Hall–Kier alpha value is -0.0400. The first-order valence-corrected chi connectivity index (χ1v) is 4.99. The Kier molecular flexibility index (Phi) is 2.17. The van der Waals surface area contributed by atoms with E-state index in [0.717, 1.165) is 18.6 Å². The van der Waals surface area contributed by atoms with Gasteiger partial charge in [0.05, 0.1) is 0 Å². The van der Waals surface area contributed by atoms with Crippen molar-refractivity contribution in [2.24, 2.45) is 5.41 Å². The van der Waals surface area contributed by atoms with E-state index in [1.54, 1.807) is 0 Å². The fourth-order valence-electron chi connectivity index (χ4n) is 2.69. The van der Waals surface area contributed by atoms with Gasteiger partial charge in [-0.25, -0.2) is 0 Å². The highest BCUT2D eigenvalue weighted by Gasteiger charge is 2.33. The van der Waals surface area contributed by atoms with Crippen molar-refractivity contribution in [3.8, 4) is 0 Å². The summed E-state index contributed by atoms with van der Waals surface area (Å²) in [6.45, 7) is 2.04. The number of ether oxygens (including phenoxy) is 1. The molecule has 0 unspecified atom stereocenters. The fraction of sp³-hybridized carbons (Fsp3) is 1.00. The van der Waals surface area contributed by atoms with E-state index in [0.29, 0.717) is 0 Å². The Balaban J connectivity index is 1.97. The first kappa shape index (κ1) is 7.60. The van der Waals surface area contributed by atoms with E-state index in [2.05, 4.69) is 0 Å². The minimum Gasteiger partial charge on any atom is -0.381 e. The molecule has 1 aliphatic carbocycles. The molecule has 1 aliphatic heterocycles. The van der Waals surface area contributed by atoms with E-state index < -0.39 is 0 Å². The smallest absolute Gasteiger partial charge is 0.0471 e. The summed E-state index contributed by atoms with van der Waals surface area (Å²) in [6, 6.07) is 0. The summed E-state index contributed by atoms with van der Waals surface area (Å²) in [5, 5.41) is 0. The van der Waals surface area contributed by atoms with Crippen LogP contribution in [-0.4, -0.2) is 13.2 Å². The van der Waals surface area contributed by atoms with E-state index in [4.69, 9.17) is 4.74 Å². The molecule has 2 fully saturated rings. The van der Waals surface area contributed by atoms with E-state index in [-0.39, 0.29) is 0 Å². The lowest BCUT2D eigenvalue weighted by Crippen LogP contribution is -2.15. The van der Waals surface area contributed by atoms with Crippen LogP contribution in [-0.2, 0) is 4.74 Å². The summed E-state index contributed by atoms with van der Waals surface area (Å²) >= 11 is 0. The van der Waals surface area contributed by atoms with Crippen molar-refractivity contribution in [3.63, 3.8) is 0 Å². The quantitative estimate of drug-likeness (QED) is 0.521. The van der Waals surface area contributed by atoms with Gasteiger partial charge < -0.3 is 4.74 Å². The second-order valence-corrected chi connectivity index (χ2v) is 4.17. The summed E-state index contributed by atoms with van der Waals surface area (Å²) in [5.41, 5.74) is 0.733. The second kappa shape index (κ2) is 3.14. The average molecular weight is 154 g/mol. The predicted octanol–water partition coefficient (Wildman–Crippen LogP) is 2.75. The molecule has 11 heavy (non-hydrogen) atoms. The Morgan fingerprint density at radius 2 is 1.45 bits per heavy atom. The molecule has 0 aromatic heterocycles. The van der Waals surface area contributed by atoms with Crippen molar-refractivity contribution in [3.05, 3.63) is 0 Å². The average Bonchev–Trinajstić information content (AvgIpc) is 2.32. The Morgan fingerprint density at radius 1 is 0.727 bits per heavy atom.